The van der Waals surface area contributed by atoms with Crippen molar-refractivity contribution in [3.8, 4) is 0 Å². The summed E-state index contributed by atoms with van der Waals surface area (Å²) in [5, 5.41) is 4.07. The van der Waals surface area contributed by atoms with Crippen molar-refractivity contribution < 1.29 is 9.47 Å². The van der Waals surface area contributed by atoms with E-state index in [0.29, 0.717) is 29.0 Å². The van der Waals surface area contributed by atoms with Gasteiger partial charge in [0, 0.05) is 27.0 Å². The van der Waals surface area contributed by atoms with Gasteiger partial charge in [-0.05, 0) is 6.07 Å². The molecule has 1 aromatic rings. The van der Waals surface area contributed by atoms with Crippen molar-refractivity contribution in [3.63, 3.8) is 0 Å². The molecule has 1 rings (SSSR count). The van der Waals surface area contributed by atoms with E-state index in [9.17, 15) is 0 Å². The number of rotatable bonds is 6. The average molecular weight is 265 g/mol. The molecule has 0 radical (unpaired) electrons. The number of nitrogens with one attached hydrogen (secondary N) is 1. The first-order valence-corrected chi connectivity index (χ1v) is 5.49. The zero-order chi connectivity index (χ0) is 12.0. The fourth-order valence-electron chi connectivity index (χ4n) is 1.15. The first kappa shape index (κ1) is 13.5. The molecule has 1 N–H and O–H groups in total. The van der Waals surface area contributed by atoms with Crippen LogP contribution in [0.5, 0.6) is 0 Å². The molecule has 1 atom stereocenters. The summed E-state index contributed by atoms with van der Waals surface area (Å²) in [5.74, 6) is 0.587. The molecule has 0 aliphatic rings. The molecule has 0 aromatic carbocycles. The van der Waals surface area contributed by atoms with Gasteiger partial charge in [-0.25, -0.2) is 4.98 Å². The van der Waals surface area contributed by atoms with Crippen LogP contribution >= 0.6 is 23.2 Å². The number of nitrogens with zero attached hydrogens (tertiary/aromatic N) is 1. The van der Waals surface area contributed by atoms with Gasteiger partial charge in [-0.1, -0.05) is 23.2 Å². The lowest BCUT2D eigenvalue weighted by Crippen LogP contribution is -2.26. The molecule has 1 aromatic heterocycles. The van der Waals surface area contributed by atoms with Crippen molar-refractivity contribution in [2.75, 3.05) is 32.7 Å². The molecule has 0 amide bonds. The monoisotopic (exact) mass is 264 g/mol. The highest BCUT2D eigenvalue weighted by Gasteiger charge is 2.08. The quantitative estimate of drug-likeness (QED) is 0.858. The van der Waals surface area contributed by atoms with Gasteiger partial charge in [0.05, 0.1) is 22.8 Å². The third kappa shape index (κ3) is 4.14. The van der Waals surface area contributed by atoms with Gasteiger partial charge in [0.1, 0.15) is 5.82 Å². The number of anilines is 1. The van der Waals surface area contributed by atoms with Crippen molar-refractivity contribution in [1.82, 2.24) is 4.98 Å². The highest BCUT2D eigenvalue weighted by Crippen LogP contribution is 2.22. The minimum Gasteiger partial charge on any atom is -0.382 e. The van der Waals surface area contributed by atoms with Crippen molar-refractivity contribution in [2.24, 2.45) is 0 Å². The third-order valence-electron chi connectivity index (χ3n) is 1.99. The van der Waals surface area contributed by atoms with Crippen LogP contribution in [0.1, 0.15) is 0 Å². The Labute approximate surface area is 105 Å². The summed E-state index contributed by atoms with van der Waals surface area (Å²) in [7, 11) is 3.25. The molecular weight excluding hydrogens is 251 g/mol. The van der Waals surface area contributed by atoms with E-state index in [1.807, 2.05) is 0 Å². The Morgan fingerprint density at radius 2 is 2.19 bits per heavy atom. The number of ether oxygens (including phenoxy) is 2. The van der Waals surface area contributed by atoms with E-state index in [-0.39, 0.29) is 6.10 Å². The second-order valence-electron chi connectivity index (χ2n) is 3.18. The molecule has 16 heavy (non-hydrogen) atoms. The summed E-state index contributed by atoms with van der Waals surface area (Å²) >= 11 is 11.7. The van der Waals surface area contributed by atoms with Crippen molar-refractivity contribution >= 4 is 29.0 Å². The van der Waals surface area contributed by atoms with E-state index in [4.69, 9.17) is 32.7 Å². The van der Waals surface area contributed by atoms with Gasteiger partial charge in [-0.15, -0.1) is 0 Å². The maximum atomic E-state index is 5.95. The van der Waals surface area contributed by atoms with Gasteiger partial charge >= 0.3 is 0 Å². The summed E-state index contributed by atoms with van der Waals surface area (Å²) in [4.78, 5) is 4.07. The average Bonchev–Trinajstić information content (AvgIpc) is 2.26. The molecule has 0 fully saturated rings. The Kier molecular flexibility index (Phi) is 5.84. The predicted molar refractivity (Wildman–Crippen MR) is 65.4 cm³/mol. The zero-order valence-electron chi connectivity index (χ0n) is 9.17. The maximum absolute atomic E-state index is 5.95. The number of hydrogen-bond donors (Lipinski definition) is 1. The molecule has 0 saturated heterocycles. The highest BCUT2D eigenvalue weighted by atomic mass is 35.5. The first-order chi connectivity index (χ1) is 7.67. The van der Waals surface area contributed by atoms with Crippen LogP contribution in [0.3, 0.4) is 0 Å². The SMILES string of the molecule is COCC(CNc1ncc(Cl)cc1Cl)OC. The smallest absolute Gasteiger partial charge is 0.144 e. The second kappa shape index (κ2) is 6.91. The van der Waals surface area contributed by atoms with Gasteiger partial charge in [0.15, 0.2) is 0 Å². The van der Waals surface area contributed by atoms with Crippen LogP contribution in [0.15, 0.2) is 12.3 Å². The summed E-state index contributed by atoms with van der Waals surface area (Å²) in [6.07, 6.45) is 1.49. The summed E-state index contributed by atoms with van der Waals surface area (Å²) in [6, 6.07) is 1.64. The summed E-state index contributed by atoms with van der Waals surface area (Å²) in [5.41, 5.74) is 0. The minimum absolute atomic E-state index is 0.0430. The molecule has 0 aliphatic heterocycles. The van der Waals surface area contributed by atoms with Crippen molar-refractivity contribution in [2.45, 2.75) is 6.10 Å². The van der Waals surface area contributed by atoms with Gasteiger partial charge in [0.2, 0.25) is 0 Å². The Morgan fingerprint density at radius 1 is 1.44 bits per heavy atom. The topological polar surface area (TPSA) is 43.4 Å². The molecule has 0 aliphatic carbocycles. The fourth-order valence-corrected chi connectivity index (χ4v) is 1.60. The Hall–Kier alpha value is -0.550. The van der Waals surface area contributed by atoms with E-state index < -0.39 is 0 Å². The standard InChI is InChI=1S/C10H14Cl2N2O2/c1-15-6-8(16-2)5-14-10-9(12)3-7(11)4-13-10/h3-4,8H,5-6H2,1-2H3,(H,13,14). The number of methoxy groups -OCH3 is 2. The lowest BCUT2D eigenvalue weighted by atomic mass is 10.3. The normalized spacial score (nSPS) is 12.5. The van der Waals surface area contributed by atoms with Crippen LogP contribution in [-0.4, -0.2) is 38.5 Å². The van der Waals surface area contributed by atoms with E-state index in [0.717, 1.165) is 0 Å². The van der Waals surface area contributed by atoms with Gasteiger partial charge in [-0.2, -0.15) is 0 Å². The third-order valence-corrected chi connectivity index (χ3v) is 2.49. The zero-order valence-corrected chi connectivity index (χ0v) is 10.7. The van der Waals surface area contributed by atoms with E-state index in [2.05, 4.69) is 10.3 Å². The molecule has 0 saturated carbocycles. The highest BCUT2D eigenvalue weighted by molar-refractivity contribution is 6.35. The Balaban J connectivity index is 2.53. The van der Waals surface area contributed by atoms with Crippen LogP contribution in [0, 0.1) is 0 Å². The van der Waals surface area contributed by atoms with E-state index >= 15 is 0 Å². The molecule has 0 bridgehead atoms. The van der Waals surface area contributed by atoms with E-state index in [1.165, 1.54) is 6.20 Å². The molecule has 0 spiro atoms. The largest absolute Gasteiger partial charge is 0.382 e. The molecule has 1 heterocycles. The van der Waals surface area contributed by atoms with Gasteiger partial charge < -0.3 is 14.8 Å². The number of aromatic nitrogens is 1. The second-order valence-corrected chi connectivity index (χ2v) is 4.02. The number of halogens is 2. The molecule has 1 unspecified atom stereocenters. The Bertz CT molecular complexity index is 337. The minimum atomic E-state index is -0.0430. The van der Waals surface area contributed by atoms with Crippen molar-refractivity contribution in [3.05, 3.63) is 22.3 Å². The maximum Gasteiger partial charge on any atom is 0.144 e. The molecule has 6 heteroatoms. The first-order valence-electron chi connectivity index (χ1n) is 4.74. The van der Waals surface area contributed by atoms with Crippen LogP contribution in [0.25, 0.3) is 0 Å². The Morgan fingerprint density at radius 3 is 2.75 bits per heavy atom. The lowest BCUT2D eigenvalue weighted by molar-refractivity contribution is 0.0365. The van der Waals surface area contributed by atoms with Gasteiger partial charge in [-0.3, -0.25) is 0 Å². The van der Waals surface area contributed by atoms with E-state index in [1.54, 1.807) is 20.3 Å². The van der Waals surface area contributed by atoms with Crippen LogP contribution in [-0.2, 0) is 9.47 Å². The summed E-state index contributed by atoms with van der Waals surface area (Å²) < 4.78 is 10.2. The lowest BCUT2D eigenvalue weighted by Gasteiger charge is -2.15. The van der Waals surface area contributed by atoms with Crippen LogP contribution < -0.4 is 5.32 Å². The molecular formula is C10H14Cl2N2O2. The molecule has 4 nitrogen and oxygen atoms in total. The summed E-state index contributed by atoms with van der Waals surface area (Å²) in [6.45, 7) is 1.08. The number of pyridine rings is 1. The predicted octanol–water partition coefficient (Wildman–Crippen LogP) is 2.46. The van der Waals surface area contributed by atoms with Gasteiger partial charge in [0.25, 0.3) is 0 Å². The molecule has 90 valence electrons. The van der Waals surface area contributed by atoms with Crippen LogP contribution in [0.4, 0.5) is 5.82 Å². The van der Waals surface area contributed by atoms with Crippen LogP contribution in [0.2, 0.25) is 10.0 Å². The fraction of sp³-hybridized carbons (Fsp3) is 0.500. The number of hydrogen-bond acceptors (Lipinski definition) is 4. The van der Waals surface area contributed by atoms with Crippen molar-refractivity contribution in [1.29, 1.82) is 0 Å².